The number of nitrogens with zero attached hydrogens (tertiary/aromatic N) is 1. The number of nitrogens with one attached hydrogen (secondary N) is 1. The maximum absolute atomic E-state index is 12.5. The Morgan fingerprint density at radius 3 is 2.03 bits per heavy atom. The largest absolute Gasteiger partial charge is 0.457 e. The van der Waals surface area contributed by atoms with Crippen molar-refractivity contribution >= 4 is 39.3 Å². The number of benzene rings is 2. The summed E-state index contributed by atoms with van der Waals surface area (Å²) in [6.07, 6.45) is 5.18. The normalized spacial score (nSPS) is 20.2. The van der Waals surface area contributed by atoms with Crippen molar-refractivity contribution in [3.63, 3.8) is 0 Å². The Bertz CT molecular complexity index is 959. The van der Waals surface area contributed by atoms with Crippen LogP contribution in [0.15, 0.2) is 65.2 Å². The fourth-order valence-electron chi connectivity index (χ4n) is 3.77. The van der Waals surface area contributed by atoms with Crippen LogP contribution in [0.5, 0.6) is 11.5 Å². The first-order chi connectivity index (χ1) is 14.5. The Balaban J connectivity index is 1.28. The maximum Gasteiger partial charge on any atom is 0.233 e. The van der Waals surface area contributed by atoms with Crippen molar-refractivity contribution in [2.45, 2.75) is 19.3 Å². The first-order valence-corrected chi connectivity index (χ1v) is 10.6. The van der Waals surface area contributed by atoms with Crippen LogP contribution in [0.25, 0.3) is 0 Å². The number of imide groups is 1. The topological polar surface area (TPSA) is 75.7 Å². The molecule has 1 saturated heterocycles. The zero-order valence-corrected chi connectivity index (χ0v) is 17.8. The number of allylic oxidation sites excluding steroid dienone is 2. The van der Waals surface area contributed by atoms with Crippen LogP contribution >= 0.6 is 15.9 Å². The number of halogens is 1. The molecule has 2 aromatic rings. The average Bonchev–Trinajstić information content (AvgIpc) is 3.00. The lowest BCUT2D eigenvalue weighted by Gasteiger charge is -2.14. The molecular formula is C23H21BrN2O4. The fraction of sp³-hybridized carbons (Fsp3) is 0.261. The molecule has 0 bridgehead atoms. The van der Waals surface area contributed by atoms with Crippen molar-refractivity contribution in [2.75, 3.05) is 11.9 Å². The summed E-state index contributed by atoms with van der Waals surface area (Å²) < 4.78 is 6.73. The number of hydrogen-bond acceptors (Lipinski definition) is 4. The van der Waals surface area contributed by atoms with Gasteiger partial charge in [0.2, 0.25) is 17.7 Å². The summed E-state index contributed by atoms with van der Waals surface area (Å²) in [5.41, 5.74) is 0.625. The van der Waals surface area contributed by atoms with Gasteiger partial charge in [-0.3, -0.25) is 19.3 Å². The summed E-state index contributed by atoms with van der Waals surface area (Å²) in [5.74, 6) is 0.288. The van der Waals surface area contributed by atoms with Gasteiger partial charge in [-0.25, -0.2) is 0 Å². The van der Waals surface area contributed by atoms with Crippen molar-refractivity contribution < 1.29 is 19.1 Å². The van der Waals surface area contributed by atoms with Gasteiger partial charge in [-0.05, 0) is 61.4 Å². The van der Waals surface area contributed by atoms with Gasteiger partial charge in [-0.1, -0.05) is 28.1 Å². The molecule has 1 fully saturated rings. The summed E-state index contributed by atoms with van der Waals surface area (Å²) in [6.45, 7) is 0.112. The Labute approximate surface area is 183 Å². The number of amides is 3. The van der Waals surface area contributed by atoms with E-state index in [1.54, 1.807) is 24.3 Å². The number of carbonyl (C=O) groups is 3. The summed E-state index contributed by atoms with van der Waals surface area (Å²) in [7, 11) is 0. The quantitative estimate of drug-likeness (QED) is 0.499. The third-order valence-electron chi connectivity index (χ3n) is 5.35. The molecule has 2 aliphatic rings. The zero-order valence-electron chi connectivity index (χ0n) is 16.2. The maximum atomic E-state index is 12.5. The number of likely N-dealkylation sites (tertiary alicyclic amines) is 1. The Kier molecular flexibility index (Phi) is 5.99. The van der Waals surface area contributed by atoms with Crippen LogP contribution in [0.4, 0.5) is 5.69 Å². The van der Waals surface area contributed by atoms with Crippen LogP contribution in [0.1, 0.15) is 19.3 Å². The highest BCUT2D eigenvalue weighted by Crippen LogP contribution is 2.35. The molecule has 0 unspecified atom stereocenters. The molecule has 0 aromatic heterocycles. The molecule has 0 spiro atoms. The van der Waals surface area contributed by atoms with E-state index in [0.29, 0.717) is 30.0 Å². The minimum atomic E-state index is -0.260. The molecule has 1 aliphatic carbocycles. The van der Waals surface area contributed by atoms with Crippen LogP contribution in [-0.2, 0) is 14.4 Å². The molecule has 2 atom stereocenters. The van der Waals surface area contributed by atoms with E-state index in [9.17, 15) is 14.4 Å². The second-order valence-corrected chi connectivity index (χ2v) is 8.28. The summed E-state index contributed by atoms with van der Waals surface area (Å²) in [6, 6.07) is 14.5. The van der Waals surface area contributed by atoms with Gasteiger partial charge in [-0.15, -0.1) is 0 Å². The van der Waals surface area contributed by atoms with Gasteiger partial charge in [0.25, 0.3) is 0 Å². The minimum absolute atomic E-state index is 0.0709. The van der Waals surface area contributed by atoms with Crippen LogP contribution < -0.4 is 10.1 Å². The Hall–Kier alpha value is -2.93. The molecular weight excluding hydrogens is 448 g/mol. The third-order valence-corrected chi connectivity index (χ3v) is 5.88. The van der Waals surface area contributed by atoms with Gasteiger partial charge in [0.15, 0.2) is 0 Å². The van der Waals surface area contributed by atoms with E-state index in [4.69, 9.17) is 4.74 Å². The lowest BCUT2D eigenvalue weighted by molar-refractivity contribution is -0.140. The van der Waals surface area contributed by atoms with Gasteiger partial charge in [0, 0.05) is 23.1 Å². The lowest BCUT2D eigenvalue weighted by Crippen LogP contribution is -2.34. The van der Waals surface area contributed by atoms with E-state index in [1.165, 1.54) is 4.90 Å². The monoisotopic (exact) mass is 468 g/mol. The van der Waals surface area contributed by atoms with Crippen molar-refractivity contribution in [3.05, 3.63) is 65.2 Å². The van der Waals surface area contributed by atoms with Crippen LogP contribution in [-0.4, -0.2) is 29.2 Å². The number of fused-ring (bicyclic) bond motifs is 1. The second kappa shape index (κ2) is 8.83. The van der Waals surface area contributed by atoms with Gasteiger partial charge in [0.05, 0.1) is 11.8 Å². The van der Waals surface area contributed by atoms with Crippen molar-refractivity contribution in [1.82, 2.24) is 4.90 Å². The van der Waals surface area contributed by atoms with Gasteiger partial charge in [-0.2, -0.15) is 0 Å². The molecule has 3 amide bonds. The zero-order chi connectivity index (χ0) is 21.1. The standard InChI is InChI=1S/C23H21BrN2O4/c24-15-5-9-17(10-6-15)30-18-11-7-16(8-12-18)25-21(27)13-14-26-22(28)19-3-1-2-4-20(19)23(26)29/h1-2,5-12,19-20H,3-4,13-14H2,(H,25,27)/t19-,20+. The number of ether oxygens (including phenoxy) is 1. The van der Waals surface area contributed by atoms with E-state index in [-0.39, 0.29) is 42.5 Å². The molecule has 1 heterocycles. The predicted molar refractivity (Wildman–Crippen MR) is 116 cm³/mol. The fourth-order valence-corrected chi connectivity index (χ4v) is 4.04. The first kappa shape index (κ1) is 20.3. The molecule has 154 valence electrons. The van der Waals surface area contributed by atoms with E-state index >= 15 is 0 Å². The molecule has 0 radical (unpaired) electrons. The van der Waals surface area contributed by atoms with Crippen molar-refractivity contribution in [3.8, 4) is 11.5 Å². The minimum Gasteiger partial charge on any atom is -0.457 e. The van der Waals surface area contributed by atoms with Gasteiger partial charge < -0.3 is 10.1 Å². The molecule has 4 rings (SSSR count). The van der Waals surface area contributed by atoms with Crippen molar-refractivity contribution in [2.24, 2.45) is 11.8 Å². The van der Waals surface area contributed by atoms with Crippen LogP contribution in [0.2, 0.25) is 0 Å². The van der Waals surface area contributed by atoms with Crippen LogP contribution in [0, 0.1) is 11.8 Å². The van der Waals surface area contributed by atoms with Crippen LogP contribution in [0.3, 0.4) is 0 Å². The highest BCUT2D eigenvalue weighted by Gasteiger charge is 2.46. The third kappa shape index (κ3) is 4.46. The molecule has 30 heavy (non-hydrogen) atoms. The van der Waals surface area contributed by atoms with E-state index in [2.05, 4.69) is 21.2 Å². The van der Waals surface area contributed by atoms with Gasteiger partial charge >= 0.3 is 0 Å². The summed E-state index contributed by atoms with van der Waals surface area (Å²) in [5, 5.41) is 2.79. The number of hydrogen-bond donors (Lipinski definition) is 1. The molecule has 2 aromatic carbocycles. The predicted octanol–water partition coefficient (Wildman–Crippen LogP) is 4.52. The molecule has 1 N–H and O–H groups in total. The van der Waals surface area contributed by atoms with E-state index < -0.39 is 0 Å². The number of rotatable bonds is 6. The Morgan fingerprint density at radius 2 is 1.47 bits per heavy atom. The second-order valence-electron chi connectivity index (χ2n) is 7.36. The molecule has 1 aliphatic heterocycles. The molecule has 0 saturated carbocycles. The highest BCUT2D eigenvalue weighted by atomic mass is 79.9. The van der Waals surface area contributed by atoms with E-state index in [1.807, 2.05) is 36.4 Å². The smallest absolute Gasteiger partial charge is 0.233 e. The molecule has 6 nitrogen and oxygen atoms in total. The highest BCUT2D eigenvalue weighted by molar-refractivity contribution is 9.10. The summed E-state index contributed by atoms with van der Waals surface area (Å²) in [4.78, 5) is 38.4. The van der Waals surface area contributed by atoms with Gasteiger partial charge in [0.1, 0.15) is 11.5 Å². The first-order valence-electron chi connectivity index (χ1n) is 9.85. The SMILES string of the molecule is O=C(CCN1C(=O)[C@H]2CC=CC[C@H]2C1=O)Nc1ccc(Oc2ccc(Br)cc2)cc1. The van der Waals surface area contributed by atoms with Crippen molar-refractivity contribution in [1.29, 1.82) is 0 Å². The Morgan fingerprint density at radius 1 is 0.933 bits per heavy atom. The summed E-state index contributed by atoms with van der Waals surface area (Å²) >= 11 is 3.38. The lowest BCUT2D eigenvalue weighted by atomic mass is 9.85. The number of carbonyl (C=O) groups excluding carboxylic acids is 3. The number of anilines is 1. The average molecular weight is 469 g/mol. The van der Waals surface area contributed by atoms with E-state index in [0.717, 1.165) is 4.47 Å². The molecule has 7 heteroatoms.